The minimum Gasteiger partial charge on any atom is -0.297 e. The van der Waals surface area contributed by atoms with Gasteiger partial charge >= 0.3 is 0 Å². The van der Waals surface area contributed by atoms with Gasteiger partial charge in [0.25, 0.3) is 0 Å². The smallest absolute Gasteiger partial charge is 0.160 e. The lowest BCUT2D eigenvalue weighted by molar-refractivity contribution is -0.117. The van der Waals surface area contributed by atoms with Gasteiger partial charge in [-0.25, -0.2) is 0 Å². The van der Waals surface area contributed by atoms with Gasteiger partial charge in [-0.15, -0.1) is 11.8 Å². The summed E-state index contributed by atoms with van der Waals surface area (Å²) in [4.78, 5) is 10.7. The maximum absolute atomic E-state index is 10.7. The molecule has 1 unspecified atom stereocenters. The molecule has 0 fully saturated rings. The van der Waals surface area contributed by atoms with Crippen molar-refractivity contribution in [3.63, 3.8) is 0 Å². The topological polar surface area (TPSA) is 17.1 Å². The predicted octanol–water partition coefficient (Wildman–Crippen LogP) is 2.28. The average Bonchev–Trinajstić information content (AvgIpc) is 1.65. The largest absolute Gasteiger partial charge is 0.297 e. The second-order valence-corrected chi connectivity index (χ2v) is 4.57. The van der Waals surface area contributed by atoms with Crippen LogP contribution in [0.1, 0.15) is 20.8 Å². The zero-order valence-electron chi connectivity index (χ0n) is 5.90. The molecule has 0 aromatic carbocycles. The van der Waals surface area contributed by atoms with Gasteiger partial charge in [-0.3, -0.25) is 4.79 Å². The fourth-order valence-corrected chi connectivity index (χ4v) is 1.45. The molecule has 0 aromatic heterocycles. The first-order chi connectivity index (χ1) is 4.00. The number of thioether (sulfide) groups is 1. The van der Waals surface area contributed by atoms with Crippen LogP contribution in [-0.4, -0.2) is 15.7 Å². The SMILES string of the molecule is CCSC(C)(Cl)C(C)=O. The van der Waals surface area contributed by atoms with E-state index in [1.165, 1.54) is 18.7 Å². The summed E-state index contributed by atoms with van der Waals surface area (Å²) in [6.45, 7) is 5.22. The van der Waals surface area contributed by atoms with Gasteiger partial charge in [-0.1, -0.05) is 18.5 Å². The monoisotopic (exact) mass is 166 g/mol. The summed E-state index contributed by atoms with van der Waals surface area (Å²) < 4.78 is -0.700. The number of carbonyl (C=O) groups is 1. The Kier molecular flexibility index (Phi) is 3.59. The van der Waals surface area contributed by atoms with E-state index in [1.54, 1.807) is 6.92 Å². The predicted molar refractivity (Wildman–Crippen MR) is 43.1 cm³/mol. The summed E-state index contributed by atoms with van der Waals surface area (Å²) in [6.07, 6.45) is 0. The summed E-state index contributed by atoms with van der Waals surface area (Å²) >= 11 is 7.24. The van der Waals surface area contributed by atoms with Gasteiger partial charge in [-0.05, 0) is 19.6 Å². The van der Waals surface area contributed by atoms with Crippen LogP contribution in [0, 0.1) is 0 Å². The first-order valence-corrected chi connectivity index (χ1v) is 4.21. The van der Waals surface area contributed by atoms with E-state index in [-0.39, 0.29) is 5.78 Å². The Morgan fingerprint density at radius 2 is 2.22 bits per heavy atom. The van der Waals surface area contributed by atoms with Gasteiger partial charge in [0.05, 0.1) is 0 Å². The third-order valence-electron chi connectivity index (χ3n) is 1.04. The van der Waals surface area contributed by atoms with Gasteiger partial charge in [0.2, 0.25) is 0 Å². The number of Topliss-reactive ketones (excluding diaryl/α,β-unsaturated/α-hetero) is 1. The molecule has 3 heteroatoms. The molecule has 0 saturated heterocycles. The van der Waals surface area contributed by atoms with Crippen molar-refractivity contribution in [2.75, 3.05) is 5.75 Å². The molecule has 0 spiro atoms. The molecule has 0 rings (SSSR count). The highest BCUT2D eigenvalue weighted by atomic mass is 35.5. The fourth-order valence-electron chi connectivity index (χ4n) is 0.373. The molecule has 9 heavy (non-hydrogen) atoms. The lowest BCUT2D eigenvalue weighted by Gasteiger charge is -2.15. The van der Waals surface area contributed by atoms with Crippen LogP contribution in [0.2, 0.25) is 0 Å². The number of hydrogen-bond acceptors (Lipinski definition) is 2. The van der Waals surface area contributed by atoms with Crippen molar-refractivity contribution in [1.29, 1.82) is 0 Å². The van der Waals surface area contributed by atoms with E-state index in [0.717, 1.165) is 5.75 Å². The molecule has 0 aromatic rings. The first-order valence-electron chi connectivity index (χ1n) is 2.84. The van der Waals surface area contributed by atoms with E-state index in [4.69, 9.17) is 11.6 Å². The molecular formula is C6H11ClOS. The summed E-state index contributed by atoms with van der Waals surface area (Å²) in [5.74, 6) is 0.899. The molecular weight excluding hydrogens is 156 g/mol. The lowest BCUT2D eigenvalue weighted by Crippen LogP contribution is -2.21. The van der Waals surface area contributed by atoms with E-state index >= 15 is 0 Å². The van der Waals surface area contributed by atoms with E-state index in [0.29, 0.717) is 0 Å². The van der Waals surface area contributed by atoms with E-state index in [2.05, 4.69) is 0 Å². The molecule has 1 nitrogen and oxygen atoms in total. The van der Waals surface area contributed by atoms with Crippen LogP contribution in [0.4, 0.5) is 0 Å². The van der Waals surface area contributed by atoms with Crippen molar-refractivity contribution in [3.05, 3.63) is 0 Å². The Labute approximate surface area is 65.2 Å². The second-order valence-electron chi connectivity index (χ2n) is 1.91. The summed E-state index contributed by atoms with van der Waals surface area (Å²) in [6, 6.07) is 0. The Morgan fingerprint density at radius 3 is 2.33 bits per heavy atom. The number of hydrogen-bond donors (Lipinski definition) is 0. The fraction of sp³-hybridized carbons (Fsp3) is 0.833. The van der Waals surface area contributed by atoms with Crippen molar-refractivity contribution in [2.45, 2.75) is 25.0 Å². The number of halogens is 1. The Balaban J connectivity index is 3.85. The standard InChI is InChI=1S/C6H11ClOS/c1-4-9-6(3,7)5(2)8/h4H2,1-3H3. The third kappa shape index (κ3) is 3.11. The summed E-state index contributed by atoms with van der Waals surface area (Å²) in [5, 5.41) is 0. The van der Waals surface area contributed by atoms with Crippen LogP contribution in [0.3, 0.4) is 0 Å². The Morgan fingerprint density at radius 1 is 1.78 bits per heavy atom. The highest BCUT2D eigenvalue weighted by Crippen LogP contribution is 2.29. The Hall–Kier alpha value is 0.310. The van der Waals surface area contributed by atoms with Crippen molar-refractivity contribution in [3.8, 4) is 0 Å². The Bertz CT molecular complexity index is 112. The minimum atomic E-state index is -0.700. The second kappa shape index (κ2) is 3.47. The minimum absolute atomic E-state index is 0.0241. The molecule has 0 aliphatic heterocycles. The molecule has 54 valence electrons. The van der Waals surface area contributed by atoms with Crippen molar-refractivity contribution in [1.82, 2.24) is 0 Å². The average molecular weight is 167 g/mol. The van der Waals surface area contributed by atoms with Crippen LogP contribution in [0.15, 0.2) is 0 Å². The van der Waals surface area contributed by atoms with Crippen LogP contribution in [0.5, 0.6) is 0 Å². The van der Waals surface area contributed by atoms with E-state index in [1.807, 2.05) is 6.92 Å². The zero-order valence-corrected chi connectivity index (χ0v) is 7.47. The maximum atomic E-state index is 10.7. The van der Waals surface area contributed by atoms with Crippen molar-refractivity contribution < 1.29 is 4.79 Å². The third-order valence-corrected chi connectivity index (χ3v) is 2.76. The molecule has 0 N–H and O–H groups in total. The van der Waals surface area contributed by atoms with Crippen LogP contribution >= 0.6 is 23.4 Å². The van der Waals surface area contributed by atoms with Crippen molar-refractivity contribution in [2.24, 2.45) is 0 Å². The molecule has 0 aliphatic carbocycles. The highest BCUT2D eigenvalue weighted by molar-refractivity contribution is 8.02. The molecule has 1 atom stereocenters. The molecule has 0 aliphatic rings. The van der Waals surface area contributed by atoms with Gasteiger partial charge in [0.15, 0.2) is 5.78 Å². The van der Waals surface area contributed by atoms with Gasteiger partial charge in [0.1, 0.15) is 4.21 Å². The van der Waals surface area contributed by atoms with E-state index in [9.17, 15) is 4.79 Å². The number of carbonyl (C=O) groups excluding carboxylic acids is 1. The number of rotatable bonds is 3. The van der Waals surface area contributed by atoms with E-state index < -0.39 is 4.21 Å². The highest BCUT2D eigenvalue weighted by Gasteiger charge is 2.25. The number of alkyl halides is 1. The van der Waals surface area contributed by atoms with Crippen LogP contribution in [0.25, 0.3) is 0 Å². The number of ketones is 1. The summed E-state index contributed by atoms with van der Waals surface area (Å²) in [7, 11) is 0. The quantitative estimate of drug-likeness (QED) is 0.599. The van der Waals surface area contributed by atoms with Gasteiger partial charge in [0, 0.05) is 0 Å². The zero-order chi connectivity index (χ0) is 7.49. The normalized spacial score (nSPS) is 16.9. The van der Waals surface area contributed by atoms with Gasteiger partial charge < -0.3 is 0 Å². The molecule has 0 heterocycles. The maximum Gasteiger partial charge on any atom is 0.160 e. The summed E-state index contributed by atoms with van der Waals surface area (Å²) in [5.41, 5.74) is 0. The van der Waals surface area contributed by atoms with Crippen LogP contribution < -0.4 is 0 Å². The van der Waals surface area contributed by atoms with Crippen molar-refractivity contribution >= 4 is 29.1 Å². The molecule has 0 amide bonds. The molecule has 0 saturated carbocycles. The first kappa shape index (κ1) is 9.31. The molecule has 0 bridgehead atoms. The van der Waals surface area contributed by atoms with Crippen LogP contribution in [-0.2, 0) is 4.79 Å². The molecule has 0 radical (unpaired) electrons. The van der Waals surface area contributed by atoms with Gasteiger partial charge in [-0.2, -0.15) is 0 Å². The lowest BCUT2D eigenvalue weighted by atomic mass is 10.3.